The Hall–Kier alpha value is -1.76. The van der Waals surface area contributed by atoms with Crippen LogP contribution in [0.3, 0.4) is 0 Å². The fourth-order valence-electron chi connectivity index (χ4n) is 1.54. The first kappa shape index (κ1) is 10.4. The smallest absolute Gasteiger partial charge is 0.138 e. The van der Waals surface area contributed by atoms with Crippen molar-refractivity contribution in [3.05, 3.63) is 51.4 Å². The third-order valence-electron chi connectivity index (χ3n) is 2.36. The third-order valence-corrected chi connectivity index (χ3v) is 3.55. The third kappa shape index (κ3) is 1.93. The summed E-state index contributed by atoms with van der Waals surface area (Å²) in [7, 11) is 0. The summed E-state index contributed by atoms with van der Waals surface area (Å²) in [6.45, 7) is 0. The number of nitrogens with zero attached hydrogens (tertiary/aromatic N) is 1. The predicted molar refractivity (Wildman–Crippen MR) is 71.4 cm³/mol. The van der Waals surface area contributed by atoms with Crippen molar-refractivity contribution in [1.82, 2.24) is 9.97 Å². The zero-order valence-corrected chi connectivity index (χ0v) is 10.3. The quantitative estimate of drug-likeness (QED) is 0.612. The molecule has 0 aliphatic carbocycles. The normalized spacial score (nSPS) is 10.2. The lowest BCUT2D eigenvalue weighted by molar-refractivity contribution is 1.32. The summed E-state index contributed by atoms with van der Waals surface area (Å²) in [5.74, 6) is 6.12. The number of hydrogen-bond acceptors (Lipinski definition) is 2. The highest BCUT2D eigenvalue weighted by molar-refractivity contribution is 7.10. The van der Waals surface area contributed by atoms with E-state index in [1.165, 1.54) is 0 Å². The fourth-order valence-corrected chi connectivity index (χ4v) is 2.36. The first-order chi connectivity index (χ1) is 8.34. The van der Waals surface area contributed by atoms with Crippen LogP contribution >= 0.6 is 22.9 Å². The first-order valence-corrected chi connectivity index (χ1v) is 6.27. The average molecular weight is 259 g/mol. The van der Waals surface area contributed by atoms with Crippen molar-refractivity contribution in [2.75, 3.05) is 0 Å². The summed E-state index contributed by atoms with van der Waals surface area (Å²) >= 11 is 7.87. The van der Waals surface area contributed by atoms with E-state index in [9.17, 15) is 0 Å². The first-order valence-electron chi connectivity index (χ1n) is 5.02. The summed E-state index contributed by atoms with van der Waals surface area (Å²) in [5.41, 5.74) is 1.55. The zero-order valence-electron chi connectivity index (χ0n) is 8.70. The van der Waals surface area contributed by atoms with E-state index in [-0.39, 0.29) is 0 Å². The van der Waals surface area contributed by atoms with Gasteiger partial charge in [-0.25, -0.2) is 4.98 Å². The molecule has 3 rings (SSSR count). The lowest BCUT2D eigenvalue weighted by Crippen LogP contribution is -1.83. The molecule has 0 aromatic carbocycles. The molecule has 1 N–H and O–H groups in total. The monoisotopic (exact) mass is 258 g/mol. The van der Waals surface area contributed by atoms with Gasteiger partial charge in [0.05, 0.1) is 15.5 Å². The molecule has 0 aliphatic rings. The van der Waals surface area contributed by atoms with Crippen molar-refractivity contribution in [1.29, 1.82) is 0 Å². The maximum Gasteiger partial charge on any atom is 0.138 e. The molecule has 0 bridgehead atoms. The Balaban J connectivity index is 2.09. The molecule has 3 heterocycles. The van der Waals surface area contributed by atoms with Gasteiger partial charge in [0, 0.05) is 17.8 Å². The van der Waals surface area contributed by atoms with Crippen LogP contribution in [0.2, 0.25) is 5.02 Å². The van der Waals surface area contributed by atoms with E-state index >= 15 is 0 Å². The maximum atomic E-state index is 6.26. The summed E-state index contributed by atoms with van der Waals surface area (Å²) < 4.78 is 0. The Morgan fingerprint density at radius 2 is 2.24 bits per heavy atom. The van der Waals surface area contributed by atoms with Crippen LogP contribution in [0.5, 0.6) is 0 Å². The molecule has 2 nitrogen and oxygen atoms in total. The molecule has 0 atom stereocenters. The molecule has 0 spiro atoms. The van der Waals surface area contributed by atoms with Crippen LogP contribution in [0, 0.1) is 11.8 Å². The van der Waals surface area contributed by atoms with Crippen molar-refractivity contribution >= 4 is 34.0 Å². The number of aromatic nitrogens is 2. The Morgan fingerprint density at radius 1 is 1.29 bits per heavy atom. The van der Waals surface area contributed by atoms with Gasteiger partial charge < -0.3 is 4.98 Å². The van der Waals surface area contributed by atoms with Crippen molar-refractivity contribution in [3.8, 4) is 11.8 Å². The summed E-state index contributed by atoms with van der Waals surface area (Å²) in [5, 5.41) is 3.56. The molecule has 3 aromatic rings. The van der Waals surface area contributed by atoms with E-state index in [0.29, 0.717) is 5.02 Å². The van der Waals surface area contributed by atoms with Gasteiger partial charge in [0.25, 0.3) is 0 Å². The number of fused-ring (bicyclic) bond motifs is 1. The van der Waals surface area contributed by atoms with Crippen LogP contribution in [0.25, 0.3) is 11.0 Å². The molecule has 0 amide bonds. The van der Waals surface area contributed by atoms with Crippen LogP contribution in [-0.2, 0) is 0 Å². The molecule has 4 heteroatoms. The topological polar surface area (TPSA) is 28.7 Å². The van der Waals surface area contributed by atoms with Crippen molar-refractivity contribution in [2.45, 2.75) is 0 Å². The molecule has 0 saturated heterocycles. The van der Waals surface area contributed by atoms with Gasteiger partial charge in [-0.1, -0.05) is 29.5 Å². The van der Waals surface area contributed by atoms with Crippen molar-refractivity contribution in [2.24, 2.45) is 0 Å². The number of halogens is 1. The van der Waals surface area contributed by atoms with Gasteiger partial charge in [0.2, 0.25) is 0 Å². The van der Waals surface area contributed by atoms with Crippen LogP contribution in [0.4, 0.5) is 0 Å². The molecule has 0 radical (unpaired) electrons. The second kappa shape index (κ2) is 4.25. The van der Waals surface area contributed by atoms with Crippen molar-refractivity contribution < 1.29 is 0 Å². The predicted octanol–water partition coefficient (Wildman–Crippen LogP) is 3.68. The Kier molecular flexibility index (Phi) is 2.60. The van der Waals surface area contributed by atoms with Gasteiger partial charge >= 0.3 is 0 Å². The molecule has 3 aromatic heterocycles. The maximum absolute atomic E-state index is 6.26. The van der Waals surface area contributed by atoms with Gasteiger partial charge in [0.15, 0.2) is 0 Å². The molecule has 0 saturated carbocycles. The van der Waals surface area contributed by atoms with Gasteiger partial charge in [-0.05, 0) is 17.5 Å². The Bertz CT molecular complexity index is 717. The molecule has 82 valence electrons. The minimum atomic E-state index is 0.653. The SMILES string of the molecule is Clc1c(C#Cc2cccs2)cnc2[nH]ccc12. The van der Waals surface area contributed by atoms with Crippen LogP contribution < -0.4 is 0 Å². The van der Waals surface area contributed by atoms with E-state index < -0.39 is 0 Å². The average Bonchev–Trinajstić information content (AvgIpc) is 2.99. The van der Waals surface area contributed by atoms with Gasteiger partial charge in [-0.2, -0.15) is 0 Å². The van der Waals surface area contributed by atoms with Crippen molar-refractivity contribution in [3.63, 3.8) is 0 Å². The zero-order chi connectivity index (χ0) is 11.7. The molecular weight excluding hydrogens is 252 g/mol. The van der Waals surface area contributed by atoms with E-state index in [4.69, 9.17) is 11.6 Å². The highest BCUT2D eigenvalue weighted by Crippen LogP contribution is 2.24. The lowest BCUT2D eigenvalue weighted by atomic mass is 10.2. The highest BCUT2D eigenvalue weighted by atomic mass is 35.5. The summed E-state index contributed by atoms with van der Waals surface area (Å²) in [4.78, 5) is 8.30. The number of nitrogens with one attached hydrogen (secondary N) is 1. The number of hydrogen-bond donors (Lipinski definition) is 1. The van der Waals surface area contributed by atoms with Gasteiger partial charge in [0.1, 0.15) is 5.65 Å². The molecule has 0 unspecified atom stereocenters. The number of rotatable bonds is 0. The van der Waals surface area contributed by atoms with Gasteiger partial charge in [-0.3, -0.25) is 0 Å². The minimum Gasteiger partial charge on any atom is -0.346 e. The standard InChI is InChI=1S/C13H7ClN2S/c14-12-9(3-4-10-2-1-7-17-10)8-16-13-11(12)5-6-15-13/h1-2,5-8H,(H,15,16). The van der Waals surface area contributed by atoms with Crippen LogP contribution in [-0.4, -0.2) is 9.97 Å². The van der Waals surface area contributed by atoms with Gasteiger partial charge in [-0.15, -0.1) is 11.3 Å². The second-order valence-corrected chi connectivity index (χ2v) is 4.78. The lowest BCUT2D eigenvalue weighted by Gasteiger charge is -1.96. The minimum absolute atomic E-state index is 0.653. The Labute approximate surface area is 107 Å². The molecule has 17 heavy (non-hydrogen) atoms. The highest BCUT2D eigenvalue weighted by Gasteiger charge is 2.05. The number of pyridine rings is 1. The fraction of sp³-hybridized carbons (Fsp3) is 0. The summed E-state index contributed by atoms with van der Waals surface area (Å²) in [6.07, 6.45) is 3.52. The van der Waals surface area contributed by atoms with E-state index in [1.807, 2.05) is 29.8 Å². The number of thiophene rings is 1. The van der Waals surface area contributed by atoms with Crippen LogP contribution in [0.1, 0.15) is 10.4 Å². The second-order valence-electron chi connectivity index (χ2n) is 3.45. The van der Waals surface area contributed by atoms with E-state index in [0.717, 1.165) is 21.5 Å². The molecule has 0 fully saturated rings. The Morgan fingerprint density at radius 3 is 3.06 bits per heavy atom. The van der Waals surface area contributed by atoms with Crippen LogP contribution in [0.15, 0.2) is 36.0 Å². The molecule has 0 aliphatic heterocycles. The number of aromatic amines is 1. The molecular formula is C13H7ClN2S. The largest absolute Gasteiger partial charge is 0.346 e. The summed E-state index contributed by atoms with van der Waals surface area (Å²) in [6, 6.07) is 5.86. The number of H-pyrrole nitrogens is 1. The van der Waals surface area contributed by atoms with E-state index in [2.05, 4.69) is 21.8 Å². The van der Waals surface area contributed by atoms with E-state index in [1.54, 1.807) is 17.5 Å².